The Bertz CT molecular complexity index is 515. The molecular weight excluding hydrogens is 230 g/mol. The lowest BCUT2D eigenvalue weighted by Gasteiger charge is -2.26. The van der Waals surface area contributed by atoms with Crippen molar-refractivity contribution < 1.29 is 9.15 Å². The molecule has 0 N–H and O–H groups in total. The standard InChI is InChI=1S/C13H15N3O2/c1-10-2-3-12(18-10)11-8-14-13(15-9-11)16-4-6-17-7-5-16/h2-3,8-9H,4-7H2,1H3. The summed E-state index contributed by atoms with van der Waals surface area (Å²) in [6.07, 6.45) is 3.60. The largest absolute Gasteiger partial charge is 0.461 e. The molecule has 3 heterocycles. The van der Waals surface area contributed by atoms with Crippen LogP contribution in [0.4, 0.5) is 5.95 Å². The molecule has 2 aromatic heterocycles. The molecule has 0 saturated carbocycles. The fraction of sp³-hybridized carbons (Fsp3) is 0.385. The van der Waals surface area contributed by atoms with Crippen molar-refractivity contribution in [2.45, 2.75) is 6.92 Å². The van der Waals surface area contributed by atoms with Gasteiger partial charge in [-0.3, -0.25) is 0 Å². The van der Waals surface area contributed by atoms with Crippen molar-refractivity contribution >= 4 is 5.95 Å². The van der Waals surface area contributed by atoms with E-state index >= 15 is 0 Å². The highest BCUT2D eigenvalue weighted by Crippen LogP contribution is 2.21. The Morgan fingerprint density at radius 1 is 1.11 bits per heavy atom. The number of anilines is 1. The Morgan fingerprint density at radius 2 is 1.83 bits per heavy atom. The third-order valence-corrected chi connectivity index (χ3v) is 2.96. The van der Waals surface area contributed by atoms with Gasteiger partial charge in [-0.25, -0.2) is 9.97 Å². The quantitative estimate of drug-likeness (QED) is 0.808. The van der Waals surface area contributed by atoms with Crippen LogP contribution >= 0.6 is 0 Å². The number of nitrogens with zero attached hydrogens (tertiary/aromatic N) is 3. The van der Waals surface area contributed by atoms with Gasteiger partial charge in [0.2, 0.25) is 5.95 Å². The van der Waals surface area contributed by atoms with E-state index in [1.165, 1.54) is 0 Å². The Balaban J connectivity index is 1.80. The van der Waals surface area contributed by atoms with Gasteiger partial charge in [0, 0.05) is 25.5 Å². The van der Waals surface area contributed by atoms with E-state index < -0.39 is 0 Å². The minimum atomic E-state index is 0.739. The second-order valence-electron chi connectivity index (χ2n) is 4.28. The van der Waals surface area contributed by atoms with Gasteiger partial charge in [0.1, 0.15) is 11.5 Å². The van der Waals surface area contributed by atoms with Crippen LogP contribution in [0.25, 0.3) is 11.3 Å². The van der Waals surface area contributed by atoms with Gasteiger partial charge in [-0.2, -0.15) is 0 Å². The highest BCUT2D eigenvalue weighted by Gasteiger charge is 2.13. The van der Waals surface area contributed by atoms with Gasteiger partial charge in [0.25, 0.3) is 0 Å². The first-order valence-corrected chi connectivity index (χ1v) is 6.04. The van der Waals surface area contributed by atoms with Crippen LogP contribution in [0.3, 0.4) is 0 Å². The summed E-state index contributed by atoms with van der Waals surface area (Å²) in [5, 5.41) is 0. The summed E-state index contributed by atoms with van der Waals surface area (Å²) in [5.41, 5.74) is 0.903. The third-order valence-electron chi connectivity index (χ3n) is 2.96. The van der Waals surface area contributed by atoms with Gasteiger partial charge < -0.3 is 14.1 Å². The number of aryl methyl sites for hydroxylation is 1. The monoisotopic (exact) mass is 245 g/mol. The van der Waals surface area contributed by atoms with Crippen molar-refractivity contribution in [3.05, 3.63) is 30.3 Å². The molecule has 3 rings (SSSR count). The SMILES string of the molecule is Cc1ccc(-c2cnc(N3CCOCC3)nc2)o1. The van der Waals surface area contributed by atoms with Crippen molar-refractivity contribution in [1.29, 1.82) is 0 Å². The smallest absolute Gasteiger partial charge is 0.225 e. The minimum Gasteiger partial charge on any atom is -0.461 e. The molecule has 1 aliphatic rings. The molecule has 1 fully saturated rings. The van der Waals surface area contributed by atoms with Crippen LogP contribution in [0.15, 0.2) is 28.9 Å². The van der Waals surface area contributed by atoms with E-state index in [1.54, 1.807) is 12.4 Å². The van der Waals surface area contributed by atoms with Crippen LogP contribution in [0.1, 0.15) is 5.76 Å². The summed E-state index contributed by atoms with van der Waals surface area (Å²) in [6, 6.07) is 3.87. The number of rotatable bonds is 2. The van der Waals surface area contributed by atoms with E-state index in [-0.39, 0.29) is 0 Å². The summed E-state index contributed by atoms with van der Waals surface area (Å²) in [6.45, 7) is 5.09. The first kappa shape index (κ1) is 11.2. The zero-order valence-electron chi connectivity index (χ0n) is 10.3. The van der Waals surface area contributed by atoms with Crippen molar-refractivity contribution in [3.63, 3.8) is 0 Å². The second kappa shape index (κ2) is 4.78. The van der Waals surface area contributed by atoms with E-state index in [2.05, 4.69) is 14.9 Å². The van der Waals surface area contributed by atoms with Crippen LogP contribution in [0, 0.1) is 6.92 Å². The molecule has 5 heteroatoms. The maximum atomic E-state index is 5.54. The normalized spacial score (nSPS) is 15.9. The molecule has 0 bridgehead atoms. The molecule has 1 aliphatic heterocycles. The molecule has 0 atom stereocenters. The predicted octanol–water partition coefficient (Wildman–Crippen LogP) is 1.88. The van der Waals surface area contributed by atoms with Crippen LogP contribution in [-0.2, 0) is 4.74 Å². The fourth-order valence-corrected chi connectivity index (χ4v) is 1.96. The highest BCUT2D eigenvalue weighted by molar-refractivity contribution is 5.55. The first-order valence-electron chi connectivity index (χ1n) is 6.04. The first-order chi connectivity index (χ1) is 8.83. The topological polar surface area (TPSA) is 51.4 Å². The number of aromatic nitrogens is 2. The van der Waals surface area contributed by atoms with Crippen molar-refractivity contribution in [2.75, 3.05) is 31.2 Å². The molecule has 0 radical (unpaired) electrons. The van der Waals surface area contributed by atoms with Gasteiger partial charge in [0.15, 0.2) is 0 Å². The zero-order chi connectivity index (χ0) is 12.4. The van der Waals surface area contributed by atoms with Crippen molar-refractivity contribution in [2.24, 2.45) is 0 Å². The maximum Gasteiger partial charge on any atom is 0.225 e. The molecule has 0 amide bonds. The molecule has 0 aromatic carbocycles. The highest BCUT2D eigenvalue weighted by atomic mass is 16.5. The van der Waals surface area contributed by atoms with Gasteiger partial charge in [-0.1, -0.05) is 0 Å². The lowest BCUT2D eigenvalue weighted by Crippen LogP contribution is -2.37. The number of morpholine rings is 1. The maximum absolute atomic E-state index is 5.54. The number of hydrogen-bond donors (Lipinski definition) is 0. The third kappa shape index (κ3) is 2.22. The lowest BCUT2D eigenvalue weighted by atomic mass is 10.3. The number of ether oxygens (including phenoxy) is 1. The van der Waals surface area contributed by atoms with Gasteiger partial charge >= 0.3 is 0 Å². The molecule has 18 heavy (non-hydrogen) atoms. The fourth-order valence-electron chi connectivity index (χ4n) is 1.96. The molecule has 1 saturated heterocycles. The van der Waals surface area contributed by atoms with Crippen molar-refractivity contribution in [1.82, 2.24) is 9.97 Å². The molecular formula is C13H15N3O2. The van der Waals surface area contributed by atoms with Crippen LogP contribution in [0.5, 0.6) is 0 Å². The van der Waals surface area contributed by atoms with E-state index in [1.807, 2.05) is 19.1 Å². The molecule has 94 valence electrons. The van der Waals surface area contributed by atoms with Crippen LogP contribution in [-0.4, -0.2) is 36.3 Å². The van der Waals surface area contributed by atoms with Gasteiger partial charge in [-0.05, 0) is 19.1 Å². The zero-order valence-corrected chi connectivity index (χ0v) is 10.3. The molecule has 2 aromatic rings. The Morgan fingerprint density at radius 3 is 2.44 bits per heavy atom. The predicted molar refractivity (Wildman–Crippen MR) is 67.5 cm³/mol. The van der Waals surface area contributed by atoms with Crippen molar-refractivity contribution in [3.8, 4) is 11.3 Å². The Kier molecular flexibility index (Phi) is 2.98. The second-order valence-corrected chi connectivity index (χ2v) is 4.28. The lowest BCUT2D eigenvalue weighted by molar-refractivity contribution is 0.122. The van der Waals surface area contributed by atoms with Crippen LogP contribution in [0.2, 0.25) is 0 Å². The number of hydrogen-bond acceptors (Lipinski definition) is 5. The van der Waals surface area contributed by atoms with Gasteiger partial charge in [-0.15, -0.1) is 0 Å². The van der Waals surface area contributed by atoms with Crippen LogP contribution < -0.4 is 4.90 Å². The van der Waals surface area contributed by atoms with E-state index in [9.17, 15) is 0 Å². The summed E-state index contributed by atoms with van der Waals surface area (Å²) in [4.78, 5) is 10.9. The minimum absolute atomic E-state index is 0.739. The summed E-state index contributed by atoms with van der Waals surface area (Å²) in [5.74, 6) is 2.45. The Labute approximate surface area is 105 Å². The average molecular weight is 245 g/mol. The summed E-state index contributed by atoms with van der Waals surface area (Å²) in [7, 11) is 0. The summed E-state index contributed by atoms with van der Waals surface area (Å²) < 4.78 is 10.8. The Hall–Kier alpha value is -1.88. The van der Waals surface area contributed by atoms with E-state index in [0.717, 1.165) is 49.3 Å². The molecule has 5 nitrogen and oxygen atoms in total. The molecule has 0 unspecified atom stereocenters. The van der Waals surface area contributed by atoms with Gasteiger partial charge in [0.05, 0.1) is 18.8 Å². The number of furan rings is 1. The summed E-state index contributed by atoms with van der Waals surface area (Å²) >= 11 is 0. The van der Waals surface area contributed by atoms with E-state index in [0.29, 0.717) is 0 Å². The molecule has 0 spiro atoms. The van der Waals surface area contributed by atoms with E-state index in [4.69, 9.17) is 9.15 Å². The molecule has 0 aliphatic carbocycles. The average Bonchev–Trinajstić information content (AvgIpc) is 2.87.